The average Bonchev–Trinajstić information content (AvgIpc) is 2.98. The summed E-state index contributed by atoms with van der Waals surface area (Å²) >= 11 is 0. The summed E-state index contributed by atoms with van der Waals surface area (Å²) in [6.07, 6.45) is 10.2. The van der Waals surface area contributed by atoms with Gasteiger partial charge in [0.1, 0.15) is 11.6 Å². The Morgan fingerprint density at radius 1 is 0.718 bits per heavy atom. The second-order valence-corrected chi connectivity index (χ2v) is 11.9. The van der Waals surface area contributed by atoms with E-state index in [2.05, 4.69) is 84.0 Å². The Bertz CT molecular complexity index is 1200. The number of ether oxygens (including phenoxy) is 1. The van der Waals surface area contributed by atoms with Crippen molar-refractivity contribution in [1.29, 1.82) is 0 Å². The molecular formula is C37H49FO. The average molecular weight is 529 g/mol. The molecule has 0 N–H and O–H groups in total. The molecule has 4 rings (SSSR count). The summed E-state index contributed by atoms with van der Waals surface area (Å²) in [4.78, 5) is 0. The summed E-state index contributed by atoms with van der Waals surface area (Å²) in [5, 5.41) is 0. The molecule has 0 spiro atoms. The third kappa shape index (κ3) is 6.59. The van der Waals surface area contributed by atoms with Crippen LogP contribution in [0.15, 0.2) is 54.6 Å². The molecule has 3 aromatic carbocycles. The summed E-state index contributed by atoms with van der Waals surface area (Å²) in [7, 11) is 0. The van der Waals surface area contributed by atoms with Crippen LogP contribution in [0.2, 0.25) is 0 Å². The van der Waals surface area contributed by atoms with Gasteiger partial charge in [-0.25, -0.2) is 4.39 Å². The van der Waals surface area contributed by atoms with Crippen molar-refractivity contribution in [2.45, 2.75) is 105 Å². The minimum absolute atomic E-state index is 0.162. The van der Waals surface area contributed by atoms with Crippen molar-refractivity contribution in [3.8, 4) is 28.0 Å². The Hall–Kier alpha value is -2.61. The lowest BCUT2D eigenvalue weighted by atomic mass is 9.79. The van der Waals surface area contributed by atoms with E-state index in [-0.39, 0.29) is 11.2 Å². The van der Waals surface area contributed by atoms with Crippen molar-refractivity contribution in [1.82, 2.24) is 0 Å². The van der Waals surface area contributed by atoms with E-state index >= 15 is 4.39 Å². The summed E-state index contributed by atoms with van der Waals surface area (Å²) < 4.78 is 22.2. The molecule has 39 heavy (non-hydrogen) atoms. The van der Waals surface area contributed by atoms with E-state index in [1.165, 1.54) is 31.2 Å². The van der Waals surface area contributed by atoms with Crippen LogP contribution < -0.4 is 4.74 Å². The fourth-order valence-electron chi connectivity index (χ4n) is 6.36. The van der Waals surface area contributed by atoms with Gasteiger partial charge in [0.15, 0.2) is 0 Å². The first-order valence-corrected chi connectivity index (χ1v) is 15.6. The Morgan fingerprint density at radius 3 is 1.90 bits per heavy atom. The Kier molecular flexibility index (Phi) is 9.91. The quantitative estimate of drug-likeness (QED) is 0.240. The lowest BCUT2D eigenvalue weighted by molar-refractivity contribution is 0.127. The maximum absolute atomic E-state index is 15.7. The first kappa shape index (κ1) is 29.4. The summed E-state index contributed by atoms with van der Waals surface area (Å²) in [6.45, 7) is 14.2. The minimum Gasteiger partial charge on any atom is -0.493 e. The molecule has 0 atom stereocenters. The smallest absolute Gasteiger partial charge is 0.131 e. The van der Waals surface area contributed by atoms with Crippen LogP contribution in [0.3, 0.4) is 0 Å². The van der Waals surface area contributed by atoms with Crippen LogP contribution in [0.5, 0.6) is 5.75 Å². The molecular weight excluding hydrogens is 479 g/mol. The Morgan fingerprint density at radius 2 is 1.33 bits per heavy atom. The van der Waals surface area contributed by atoms with Crippen molar-refractivity contribution < 1.29 is 9.13 Å². The predicted molar refractivity (Wildman–Crippen MR) is 165 cm³/mol. The first-order valence-electron chi connectivity index (χ1n) is 15.6. The molecule has 0 unspecified atom stereocenters. The zero-order valence-electron chi connectivity index (χ0n) is 25.2. The van der Waals surface area contributed by atoms with Gasteiger partial charge >= 0.3 is 0 Å². The lowest BCUT2D eigenvalue weighted by Gasteiger charge is -2.31. The highest BCUT2D eigenvalue weighted by Gasteiger charge is 2.26. The second kappa shape index (κ2) is 13.2. The normalized spacial score (nSPS) is 17.8. The van der Waals surface area contributed by atoms with E-state index in [1.54, 1.807) is 6.07 Å². The van der Waals surface area contributed by atoms with Crippen LogP contribution in [-0.2, 0) is 12.8 Å². The number of rotatable bonds is 11. The zero-order chi connectivity index (χ0) is 28.0. The van der Waals surface area contributed by atoms with E-state index in [1.807, 2.05) is 6.07 Å². The van der Waals surface area contributed by atoms with E-state index in [4.69, 9.17) is 4.74 Å². The number of hydrogen-bond acceptors (Lipinski definition) is 1. The molecule has 0 saturated heterocycles. The summed E-state index contributed by atoms with van der Waals surface area (Å²) in [6, 6.07) is 18.9. The Labute approximate surface area is 237 Å². The fourth-order valence-corrected chi connectivity index (χ4v) is 6.36. The topological polar surface area (TPSA) is 9.23 Å². The van der Waals surface area contributed by atoms with Gasteiger partial charge in [0.05, 0.1) is 6.61 Å². The van der Waals surface area contributed by atoms with Gasteiger partial charge in [-0.2, -0.15) is 0 Å². The highest BCUT2D eigenvalue weighted by atomic mass is 19.1. The molecule has 0 aromatic heterocycles. The summed E-state index contributed by atoms with van der Waals surface area (Å²) in [5.41, 5.74) is 7.60. The second-order valence-electron chi connectivity index (χ2n) is 11.9. The SMILES string of the molecule is CCc1cc(-c2ccc(-c3ccc(C4CCC(C)CC4)cc3)cc2F)c(CC)cc1OCC(CC)(CC)CC. The van der Waals surface area contributed by atoms with Gasteiger partial charge in [-0.1, -0.05) is 90.8 Å². The maximum Gasteiger partial charge on any atom is 0.131 e. The summed E-state index contributed by atoms with van der Waals surface area (Å²) in [5.74, 6) is 2.33. The van der Waals surface area contributed by atoms with Crippen LogP contribution in [0.4, 0.5) is 4.39 Å². The Balaban J connectivity index is 1.58. The van der Waals surface area contributed by atoms with Gasteiger partial charge < -0.3 is 4.74 Å². The molecule has 0 radical (unpaired) electrons. The van der Waals surface area contributed by atoms with Gasteiger partial charge in [-0.15, -0.1) is 0 Å². The van der Waals surface area contributed by atoms with Crippen LogP contribution >= 0.6 is 0 Å². The molecule has 0 heterocycles. The van der Waals surface area contributed by atoms with Crippen LogP contribution in [0.1, 0.15) is 109 Å². The van der Waals surface area contributed by atoms with Crippen molar-refractivity contribution >= 4 is 0 Å². The van der Waals surface area contributed by atoms with Gasteiger partial charge in [0, 0.05) is 11.0 Å². The molecule has 0 aliphatic heterocycles. The van der Waals surface area contributed by atoms with Crippen molar-refractivity contribution in [2.75, 3.05) is 6.61 Å². The number of benzene rings is 3. The fraction of sp³-hybridized carbons (Fsp3) is 0.514. The largest absolute Gasteiger partial charge is 0.493 e. The molecule has 1 nitrogen and oxygen atoms in total. The van der Waals surface area contributed by atoms with Crippen LogP contribution in [0.25, 0.3) is 22.3 Å². The molecule has 210 valence electrons. The highest BCUT2D eigenvalue weighted by Crippen LogP contribution is 2.38. The third-order valence-corrected chi connectivity index (χ3v) is 9.82. The minimum atomic E-state index is -0.162. The van der Waals surface area contributed by atoms with Crippen molar-refractivity contribution in [2.24, 2.45) is 11.3 Å². The third-order valence-electron chi connectivity index (χ3n) is 9.82. The molecule has 1 aliphatic carbocycles. The number of halogens is 1. The molecule has 0 bridgehead atoms. The van der Waals surface area contributed by atoms with Crippen molar-refractivity contribution in [3.05, 3.63) is 77.1 Å². The standard InChI is InChI=1S/C37H49FO/c1-7-27-24-36(39-25-37(9-3,10-4)11-5)28(8-2)22-34(27)33-21-20-32(23-35(33)38)31-18-16-30(17-19-31)29-14-12-26(6)13-15-29/h16-24,26,29H,7-15,25H2,1-6H3. The molecule has 1 aliphatic rings. The van der Waals surface area contributed by atoms with E-state index < -0.39 is 0 Å². The van der Waals surface area contributed by atoms with E-state index in [0.29, 0.717) is 11.5 Å². The van der Waals surface area contributed by atoms with Gasteiger partial charge in [-0.05, 0) is 108 Å². The molecule has 2 heteroatoms. The van der Waals surface area contributed by atoms with Crippen LogP contribution in [-0.4, -0.2) is 6.61 Å². The molecule has 1 fully saturated rings. The zero-order valence-corrected chi connectivity index (χ0v) is 25.2. The van der Waals surface area contributed by atoms with E-state index in [0.717, 1.165) is 78.2 Å². The number of aryl methyl sites for hydroxylation is 2. The van der Waals surface area contributed by atoms with Crippen LogP contribution in [0, 0.1) is 17.2 Å². The molecule has 1 saturated carbocycles. The molecule has 0 amide bonds. The highest BCUT2D eigenvalue weighted by molar-refractivity contribution is 5.74. The first-order chi connectivity index (χ1) is 18.9. The van der Waals surface area contributed by atoms with Gasteiger partial charge in [-0.3, -0.25) is 0 Å². The number of hydrogen-bond donors (Lipinski definition) is 0. The maximum atomic E-state index is 15.7. The van der Waals surface area contributed by atoms with Gasteiger partial charge in [0.2, 0.25) is 0 Å². The van der Waals surface area contributed by atoms with Gasteiger partial charge in [0.25, 0.3) is 0 Å². The lowest BCUT2D eigenvalue weighted by Crippen LogP contribution is -2.26. The molecule has 3 aromatic rings. The van der Waals surface area contributed by atoms with Crippen molar-refractivity contribution in [3.63, 3.8) is 0 Å². The van der Waals surface area contributed by atoms with E-state index in [9.17, 15) is 0 Å². The predicted octanol–water partition coefficient (Wildman–Crippen LogP) is 11.2. The monoisotopic (exact) mass is 528 g/mol.